The van der Waals surface area contributed by atoms with Gasteiger partial charge in [0.05, 0.1) is 12.9 Å². The third-order valence-electron chi connectivity index (χ3n) is 6.91. The van der Waals surface area contributed by atoms with Gasteiger partial charge in [-0.15, -0.1) is 0 Å². The highest BCUT2D eigenvalue weighted by Crippen LogP contribution is 2.36. The lowest BCUT2D eigenvalue weighted by Gasteiger charge is -2.42. The minimum atomic E-state index is -0.512. The van der Waals surface area contributed by atoms with Crippen molar-refractivity contribution in [3.8, 4) is 0 Å². The highest BCUT2D eigenvalue weighted by Gasteiger charge is 2.40. The molecule has 0 bridgehead atoms. The van der Waals surface area contributed by atoms with Crippen LogP contribution >= 0.6 is 0 Å². The summed E-state index contributed by atoms with van der Waals surface area (Å²) in [7, 11) is 0. The van der Waals surface area contributed by atoms with Gasteiger partial charge in [0.2, 0.25) is 5.71 Å². The summed E-state index contributed by atoms with van der Waals surface area (Å²) in [6.45, 7) is 10.7. The SMILES string of the molecule is CCOC(=O)C(C1CCN(C(=O)OC(C)(C)C)CC1)N1CCC(c2coc3ncccc23)CC1. The second kappa shape index (κ2) is 10.3. The van der Waals surface area contributed by atoms with Gasteiger partial charge in [0.25, 0.3) is 0 Å². The molecule has 4 rings (SSSR count). The molecule has 2 fully saturated rings. The van der Waals surface area contributed by atoms with Crippen molar-refractivity contribution in [3.05, 3.63) is 30.2 Å². The minimum absolute atomic E-state index is 0.144. The van der Waals surface area contributed by atoms with Gasteiger partial charge in [0, 0.05) is 30.2 Å². The molecule has 34 heavy (non-hydrogen) atoms. The number of likely N-dealkylation sites (tertiary alicyclic amines) is 2. The second-order valence-corrected chi connectivity index (χ2v) is 10.4. The first kappa shape index (κ1) is 24.5. The topological polar surface area (TPSA) is 85.1 Å². The van der Waals surface area contributed by atoms with E-state index in [0.29, 0.717) is 31.3 Å². The second-order valence-electron chi connectivity index (χ2n) is 10.4. The first-order valence-electron chi connectivity index (χ1n) is 12.5. The van der Waals surface area contributed by atoms with Crippen molar-refractivity contribution in [2.75, 3.05) is 32.8 Å². The first-order chi connectivity index (χ1) is 16.3. The molecule has 186 valence electrons. The average molecular weight is 472 g/mol. The maximum atomic E-state index is 13.0. The van der Waals surface area contributed by atoms with Crippen LogP contribution in [0.5, 0.6) is 0 Å². The summed E-state index contributed by atoms with van der Waals surface area (Å²) in [5.74, 6) is 0.404. The van der Waals surface area contributed by atoms with Gasteiger partial charge in [-0.3, -0.25) is 9.69 Å². The van der Waals surface area contributed by atoms with Gasteiger partial charge in [-0.05, 0) is 90.4 Å². The molecule has 4 heterocycles. The van der Waals surface area contributed by atoms with Crippen LogP contribution in [0.4, 0.5) is 4.79 Å². The van der Waals surface area contributed by atoms with Crippen molar-refractivity contribution in [3.63, 3.8) is 0 Å². The minimum Gasteiger partial charge on any atom is -0.465 e. The van der Waals surface area contributed by atoms with E-state index in [1.54, 1.807) is 11.1 Å². The lowest BCUT2D eigenvalue weighted by molar-refractivity contribution is -0.153. The molecule has 1 atom stereocenters. The molecule has 1 unspecified atom stereocenters. The van der Waals surface area contributed by atoms with Crippen LogP contribution in [0, 0.1) is 5.92 Å². The molecular formula is C26H37N3O5. The number of aromatic nitrogens is 1. The predicted octanol–water partition coefficient (Wildman–Crippen LogP) is 4.59. The zero-order valence-corrected chi connectivity index (χ0v) is 20.8. The third kappa shape index (κ3) is 5.54. The smallest absolute Gasteiger partial charge is 0.410 e. The molecule has 2 aliphatic heterocycles. The van der Waals surface area contributed by atoms with Crippen LogP contribution in [0.1, 0.15) is 64.9 Å². The Morgan fingerprint density at radius 3 is 2.50 bits per heavy atom. The number of esters is 1. The molecule has 2 saturated heterocycles. The standard InChI is InChI=1S/C26H37N3O5/c1-5-32-24(30)22(19-10-15-29(16-11-19)25(31)34-26(2,3)4)28-13-8-18(9-14-28)21-17-33-23-20(21)7-6-12-27-23/h6-7,12,17-19,22H,5,8-11,13-16H2,1-4H3. The largest absolute Gasteiger partial charge is 0.465 e. The highest BCUT2D eigenvalue weighted by atomic mass is 16.6. The van der Waals surface area contributed by atoms with Gasteiger partial charge in [-0.2, -0.15) is 0 Å². The van der Waals surface area contributed by atoms with Crippen molar-refractivity contribution < 1.29 is 23.5 Å². The highest BCUT2D eigenvalue weighted by molar-refractivity contribution is 5.78. The summed E-state index contributed by atoms with van der Waals surface area (Å²) in [6, 6.07) is 3.73. The molecule has 2 aliphatic rings. The van der Waals surface area contributed by atoms with Crippen molar-refractivity contribution >= 4 is 23.2 Å². The number of ether oxygens (including phenoxy) is 2. The number of amides is 1. The van der Waals surface area contributed by atoms with Crippen LogP contribution < -0.4 is 0 Å². The van der Waals surface area contributed by atoms with Crippen molar-refractivity contribution in [1.82, 2.24) is 14.8 Å². The Kier molecular flexibility index (Phi) is 7.45. The summed E-state index contributed by atoms with van der Waals surface area (Å²) in [4.78, 5) is 33.9. The Morgan fingerprint density at radius 1 is 1.15 bits per heavy atom. The van der Waals surface area contributed by atoms with Gasteiger partial charge in [-0.25, -0.2) is 9.78 Å². The molecule has 8 nitrogen and oxygen atoms in total. The molecule has 2 aromatic rings. The number of piperidine rings is 2. The molecule has 8 heteroatoms. The number of hydrogen-bond acceptors (Lipinski definition) is 7. The summed E-state index contributed by atoms with van der Waals surface area (Å²) >= 11 is 0. The lowest BCUT2D eigenvalue weighted by atomic mass is 9.84. The van der Waals surface area contributed by atoms with Gasteiger partial charge in [0.15, 0.2) is 0 Å². The number of furan rings is 1. The van der Waals surface area contributed by atoms with Gasteiger partial charge >= 0.3 is 12.1 Å². The number of nitrogens with zero attached hydrogens (tertiary/aromatic N) is 3. The summed E-state index contributed by atoms with van der Waals surface area (Å²) in [6.07, 6.45) is 6.75. The molecule has 0 saturated carbocycles. The maximum absolute atomic E-state index is 13.0. The molecule has 0 radical (unpaired) electrons. The Hall–Kier alpha value is -2.61. The average Bonchev–Trinajstić information content (AvgIpc) is 3.23. The van der Waals surface area contributed by atoms with E-state index < -0.39 is 5.60 Å². The third-order valence-corrected chi connectivity index (χ3v) is 6.91. The van der Waals surface area contributed by atoms with E-state index in [1.165, 1.54) is 5.56 Å². The van der Waals surface area contributed by atoms with Crippen LogP contribution in [0.2, 0.25) is 0 Å². The molecule has 0 aliphatic carbocycles. The van der Waals surface area contributed by atoms with Crippen LogP contribution in [0.15, 0.2) is 29.0 Å². The predicted molar refractivity (Wildman–Crippen MR) is 129 cm³/mol. The van der Waals surface area contributed by atoms with E-state index in [4.69, 9.17) is 13.9 Å². The number of carbonyl (C=O) groups excluding carboxylic acids is 2. The summed E-state index contributed by atoms with van der Waals surface area (Å²) in [5, 5.41) is 1.08. The van der Waals surface area contributed by atoms with E-state index in [9.17, 15) is 9.59 Å². The Labute approximate surface area is 201 Å². The molecule has 2 aromatic heterocycles. The fraction of sp³-hybridized carbons (Fsp3) is 0.654. The van der Waals surface area contributed by atoms with Crippen LogP contribution in [-0.4, -0.2) is 71.3 Å². The van der Waals surface area contributed by atoms with Crippen LogP contribution in [0.25, 0.3) is 11.1 Å². The quantitative estimate of drug-likeness (QED) is 0.590. The molecular weight excluding hydrogens is 434 g/mol. The fourth-order valence-electron chi connectivity index (χ4n) is 5.28. The van der Waals surface area contributed by atoms with Gasteiger partial charge in [-0.1, -0.05) is 0 Å². The number of hydrogen-bond donors (Lipinski definition) is 0. The van der Waals surface area contributed by atoms with Gasteiger partial charge < -0.3 is 18.8 Å². The summed E-state index contributed by atoms with van der Waals surface area (Å²) in [5.41, 5.74) is 1.38. The summed E-state index contributed by atoms with van der Waals surface area (Å²) < 4.78 is 16.7. The lowest BCUT2D eigenvalue weighted by Crippen LogP contribution is -2.53. The van der Waals surface area contributed by atoms with Crippen molar-refractivity contribution in [2.24, 2.45) is 5.92 Å². The maximum Gasteiger partial charge on any atom is 0.410 e. The Bertz CT molecular complexity index is 982. The molecule has 1 amide bonds. The van der Waals surface area contributed by atoms with E-state index in [2.05, 4.69) is 16.0 Å². The van der Waals surface area contributed by atoms with E-state index in [0.717, 1.165) is 44.2 Å². The van der Waals surface area contributed by atoms with Gasteiger partial charge in [0.1, 0.15) is 11.6 Å². The van der Waals surface area contributed by atoms with Crippen LogP contribution in [-0.2, 0) is 14.3 Å². The fourth-order valence-corrected chi connectivity index (χ4v) is 5.28. The van der Waals surface area contributed by atoms with E-state index >= 15 is 0 Å². The zero-order valence-electron chi connectivity index (χ0n) is 20.8. The molecule has 0 aromatic carbocycles. The van der Waals surface area contributed by atoms with Crippen molar-refractivity contribution in [1.29, 1.82) is 0 Å². The van der Waals surface area contributed by atoms with E-state index in [-0.39, 0.29) is 24.0 Å². The normalized spacial score (nSPS) is 19.8. The molecule has 0 spiro atoms. The number of carbonyl (C=O) groups is 2. The van der Waals surface area contributed by atoms with Crippen molar-refractivity contribution in [2.45, 2.75) is 70.9 Å². The monoisotopic (exact) mass is 471 g/mol. The Morgan fingerprint density at radius 2 is 1.85 bits per heavy atom. The molecule has 0 N–H and O–H groups in total. The first-order valence-corrected chi connectivity index (χ1v) is 12.5. The Balaban J connectivity index is 1.39. The number of fused-ring (bicyclic) bond motifs is 1. The number of rotatable bonds is 5. The number of pyridine rings is 1. The van der Waals surface area contributed by atoms with E-state index in [1.807, 2.05) is 40.0 Å². The van der Waals surface area contributed by atoms with Crippen LogP contribution in [0.3, 0.4) is 0 Å². The zero-order chi connectivity index (χ0) is 24.3.